The summed E-state index contributed by atoms with van der Waals surface area (Å²) >= 11 is 1.05. The van der Waals surface area contributed by atoms with Crippen molar-refractivity contribution in [2.24, 2.45) is 5.92 Å². The Hall–Kier alpha value is -1.95. The van der Waals surface area contributed by atoms with Crippen LogP contribution in [0.3, 0.4) is 0 Å². The minimum absolute atomic E-state index is 0.0469. The lowest BCUT2D eigenvalue weighted by Crippen LogP contribution is -2.34. The van der Waals surface area contributed by atoms with Gasteiger partial charge in [0.2, 0.25) is 5.88 Å². The van der Waals surface area contributed by atoms with Crippen molar-refractivity contribution in [1.29, 1.82) is 0 Å². The van der Waals surface area contributed by atoms with Gasteiger partial charge in [-0.3, -0.25) is 9.78 Å². The van der Waals surface area contributed by atoms with Crippen LogP contribution in [0, 0.1) is 5.92 Å². The van der Waals surface area contributed by atoms with Crippen molar-refractivity contribution in [1.82, 2.24) is 4.98 Å². The lowest BCUT2D eigenvalue weighted by Gasteiger charge is -2.35. The minimum Gasteiger partial charge on any atom is -0.508 e. The number of aromatic nitrogens is 1. The molecule has 1 unspecified atom stereocenters. The molecule has 2 aromatic rings. The molecule has 0 radical (unpaired) electrons. The molecule has 3 aliphatic rings. The highest BCUT2D eigenvalue weighted by Crippen LogP contribution is 2.53. The Morgan fingerprint density at radius 2 is 2.10 bits per heavy atom. The molecular weight excluding hydrogens is 278 g/mol. The second-order valence-electron chi connectivity index (χ2n) is 5.40. The molecule has 1 saturated carbocycles. The summed E-state index contributed by atoms with van der Waals surface area (Å²) in [6.07, 6.45) is 1.99. The third kappa shape index (κ3) is 1.64. The molecule has 20 heavy (non-hydrogen) atoms. The molecular formula is C14H13NO4S. The summed E-state index contributed by atoms with van der Waals surface area (Å²) in [6, 6.07) is 5.04. The number of phenols is 1. The van der Waals surface area contributed by atoms with Crippen molar-refractivity contribution in [3.63, 3.8) is 0 Å². The molecule has 104 valence electrons. The van der Waals surface area contributed by atoms with Crippen LogP contribution >= 0.6 is 11.3 Å². The molecule has 1 atom stereocenters. The first-order chi connectivity index (χ1) is 9.61. The van der Waals surface area contributed by atoms with Crippen LogP contribution in [0.2, 0.25) is 0 Å². The van der Waals surface area contributed by atoms with E-state index < -0.39 is 0 Å². The average Bonchev–Trinajstić information content (AvgIpc) is 2.55. The van der Waals surface area contributed by atoms with E-state index >= 15 is 0 Å². The Labute approximate surface area is 118 Å². The van der Waals surface area contributed by atoms with E-state index in [1.54, 1.807) is 12.1 Å². The first-order valence-corrected chi connectivity index (χ1v) is 7.35. The van der Waals surface area contributed by atoms with Crippen LogP contribution < -0.4 is 9.61 Å². The van der Waals surface area contributed by atoms with E-state index in [9.17, 15) is 15.0 Å². The van der Waals surface area contributed by atoms with Crippen molar-refractivity contribution in [3.05, 3.63) is 38.3 Å². The van der Waals surface area contributed by atoms with E-state index in [0.717, 1.165) is 29.7 Å². The maximum atomic E-state index is 11.5. The predicted octanol–water partition coefficient (Wildman–Crippen LogP) is 2.15. The summed E-state index contributed by atoms with van der Waals surface area (Å²) < 4.78 is 5.88. The number of rotatable bonds is 1. The van der Waals surface area contributed by atoms with Crippen molar-refractivity contribution < 1.29 is 14.9 Å². The molecule has 3 N–H and O–H groups in total. The number of benzene rings is 1. The van der Waals surface area contributed by atoms with Gasteiger partial charge in [0.1, 0.15) is 11.5 Å². The Kier molecular flexibility index (Phi) is 2.38. The van der Waals surface area contributed by atoms with E-state index in [0.29, 0.717) is 16.5 Å². The van der Waals surface area contributed by atoms with E-state index in [1.807, 2.05) is 6.07 Å². The number of nitrogens with one attached hydrogen (secondary N) is 1. The maximum Gasteiger partial charge on any atom is 0.307 e. The lowest BCUT2D eigenvalue weighted by molar-refractivity contribution is 0.0734. The number of aromatic hydroxyl groups is 2. The molecule has 5 nitrogen and oxygen atoms in total. The molecule has 3 heterocycles. The summed E-state index contributed by atoms with van der Waals surface area (Å²) in [5.41, 5.74) is 0.929. The van der Waals surface area contributed by atoms with Gasteiger partial charge in [0.05, 0.1) is 11.0 Å². The highest BCUT2D eigenvalue weighted by atomic mass is 32.1. The van der Waals surface area contributed by atoms with Crippen molar-refractivity contribution >= 4 is 11.3 Å². The number of phenolic OH excluding ortho intramolecular Hbond substituents is 1. The standard InChI is InChI=1S/C14H13NO4S/c16-7-1-2-9-10(5-7)19-8-3-6(4-8)11(9)12-13(17)15-14(18)20-12/h1-2,5-6,8,11,16-17H,3-4H2,(H,15,18). The number of hydrogen-bond acceptors (Lipinski definition) is 5. The van der Waals surface area contributed by atoms with Crippen LogP contribution in [-0.2, 0) is 0 Å². The van der Waals surface area contributed by atoms with Gasteiger partial charge in [-0.1, -0.05) is 17.4 Å². The van der Waals surface area contributed by atoms with Gasteiger partial charge < -0.3 is 14.9 Å². The van der Waals surface area contributed by atoms with Gasteiger partial charge in [0.25, 0.3) is 0 Å². The monoisotopic (exact) mass is 291 g/mol. The summed E-state index contributed by atoms with van der Waals surface area (Å²) in [4.78, 5) is 14.3. The second kappa shape index (κ2) is 4.02. The minimum atomic E-state index is -0.251. The Bertz CT molecular complexity index is 729. The molecule has 1 aromatic heterocycles. The Balaban J connectivity index is 1.90. The Morgan fingerprint density at radius 1 is 1.30 bits per heavy atom. The fourth-order valence-corrected chi connectivity index (χ4v) is 4.13. The topological polar surface area (TPSA) is 82.6 Å². The van der Waals surface area contributed by atoms with Gasteiger partial charge in [-0.05, 0) is 24.8 Å². The van der Waals surface area contributed by atoms with Gasteiger partial charge in [-0.2, -0.15) is 0 Å². The van der Waals surface area contributed by atoms with E-state index in [2.05, 4.69) is 4.98 Å². The first kappa shape index (κ1) is 11.8. The molecule has 1 aliphatic carbocycles. The van der Waals surface area contributed by atoms with Crippen LogP contribution in [0.5, 0.6) is 17.4 Å². The number of ether oxygens (including phenoxy) is 1. The van der Waals surface area contributed by atoms with Crippen molar-refractivity contribution in [2.45, 2.75) is 24.9 Å². The quantitative estimate of drug-likeness (QED) is 0.752. The Morgan fingerprint density at radius 3 is 2.80 bits per heavy atom. The zero-order valence-electron chi connectivity index (χ0n) is 10.5. The molecule has 0 amide bonds. The molecule has 6 heteroatoms. The van der Waals surface area contributed by atoms with E-state index in [1.165, 1.54) is 0 Å². The largest absolute Gasteiger partial charge is 0.508 e. The molecule has 5 rings (SSSR count). The number of aromatic amines is 1. The molecule has 1 fully saturated rings. The number of H-pyrrole nitrogens is 1. The normalized spacial score (nSPS) is 27.1. The highest BCUT2D eigenvalue weighted by Gasteiger charge is 2.44. The van der Waals surface area contributed by atoms with Gasteiger partial charge >= 0.3 is 4.87 Å². The number of thiazole rings is 1. The summed E-state index contributed by atoms with van der Waals surface area (Å²) in [5, 5.41) is 19.6. The summed E-state index contributed by atoms with van der Waals surface area (Å²) in [6.45, 7) is 0. The van der Waals surface area contributed by atoms with Gasteiger partial charge in [-0.25, -0.2) is 0 Å². The lowest BCUT2D eigenvalue weighted by atomic mass is 9.71. The van der Waals surface area contributed by atoms with E-state index in [4.69, 9.17) is 4.74 Å². The molecule has 0 saturated heterocycles. The van der Waals surface area contributed by atoms with Crippen LogP contribution in [-0.4, -0.2) is 21.3 Å². The number of hydrogen-bond donors (Lipinski definition) is 3. The average molecular weight is 291 g/mol. The van der Waals surface area contributed by atoms with Crippen LogP contribution in [0.25, 0.3) is 0 Å². The fourth-order valence-electron chi connectivity index (χ4n) is 3.19. The third-order valence-corrected chi connectivity index (χ3v) is 5.12. The maximum absolute atomic E-state index is 11.5. The van der Waals surface area contributed by atoms with Crippen molar-refractivity contribution in [2.75, 3.05) is 0 Å². The smallest absolute Gasteiger partial charge is 0.307 e. The summed E-state index contributed by atoms with van der Waals surface area (Å²) in [5.74, 6) is 1.08. The molecule has 2 bridgehead atoms. The van der Waals surface area contributed by atoms with E-state index in [-0.39, 0.29) is 28.5 Å². The second-order valence-corrected chi connectivity index (χ2v) is 6.41. The predicted molar refractivity (Wildman–Crippen MR) is 73.7 cm³/mol. The first-order valence-electron chi connectivity index (χ1n) is 6.53. The van der Waals surface area contributed by atoms with Crippen LogP contribution in [0.15, 0.2) is 23.0 Å². The zero-order valence-corrected chi connectivity index (χ0v) is 11.3. The van der Waals surface area contributed by atoms with Crippen LogP contribution in [0.4, 0.5) is 0 Å². The molecule has 2 aliphatic heterocycles. The zero-order chi connectivity index (χ0) is 13.9. The highest BCUT2D eigenvalue weighted by molar-refractivity contribution is 7.09. The van der Waals surface area contributed by atoms with Crippen molar-refractivity contribution in [3.8, 4) is 17.4 Å². The van der Waals surface area contributed by atoms with Gasteiger partial charge in [0.15, 0.2) is 0 Å². The third-order valence-electron chi connectivity index (χ3n) is 4.17. The fraction of sp³-hybridized carbons (Fsp3) is 0.357. The molecule has 0 spiro atoms. The SMILES string of the molecule is O=c1[nH]c(O)c(C2c3ccc(O)cc3OC3CC2C3)s1. The van der Waals surface area contributed by atoms with Gasteiger partial charge in [0, 0.05) is 17.5 Å². The van der Waals surface area contributed by atoms with Gasteiger partial charge in [-0.15, -0.1) is 0 Å². The molecule has 1 aromatic carbocycles. The van der Waals surface area contributed by atoms with Crippen LogP contribution in [0.1, 0.15) is 29.2 Å². The summed E-state index contributed by atoms with van der Waals surface area (Å²) in [7, 11) is 0.